The second-order valence-electron chi connectivity index (χ2n) is 10.9. The van der Waals surface area contributed by atoms with Gasteiger partial charge >= 0.3 is 12.1 Å². The van der Waals surface area contributed by atoms with Gasteiger partial charge in [-0.25, -0.2) is 18.5 Å². The molecule has 0 fully saturated rings. The molecule has 0 aliphatic rings. The Labute approximate surface area is 253 Å². The third-order valence-corrected chi connectivity index (χ3v) is 6.99. The molecule has 0 aliphatic heterocycles. The van der Waals surface area contributed by atoms with Crippen LogP contribution in [0.3, 0.4) is 0 Å². The van der Waals surface area contributed by atoms with Gasteiger partial charge < -0.3 is 29.2 Å². The Kier molecular flexibility index (Phi) is 8.98. The molecule has 5 aromatic rings. The van der Waals surface area contributed by atoms with E-state index in [9.17, 15) is 9.59 Å². The number of hydrogen-bond donors (Lipinski definition) is 2. The maximum atomic E-state index is 15.2. The topological polar surface area (TPSA) is 129 Å². The second-order valence-corrected chi connectivity index (χ2v) is 10.9. The first-order valence-electron chi connectivity index (χ1n) is 14.2. The molecule has 2 N–H and O–H groups in total. The highest BCUT2D eigenvalue weighted by molar-refractivity contribution is 5.83. The number of rotatable bonds is 11. The van der Waals surface area contributed by atoms with E-state index in [-0.39, 0.29) is 30.8 Å². The maximum absolute atomic E-state index is 15.2. The average molecular weight is 604 g/mol. The normalized spacial score (nSPS) is 12.7. The first kappa shape index (κ1) is 30.3. The Hall–Kier alpha value is -5.13. The summed E-state index contributed by atoms with van der Waals surface area (Å²) in [6.07, 6.45) is 1.58. The van der Waals surface area contributed by atoms with Crippen molar-refractivity contribution in [3.63, 3.8) is 0 Å². The molecule has 11 nitrogen and oxygen atoms in total. The van der Waals surface area contributed by atoms with E-state index in [1.165, 1.54) is 10.8 Å². The lowest BCUT2D eigenvalue weighted by molar-refractivity contribution is -0.153. The van der Waals surface area contributed by atoms with Crippen molar-refractivity contribution in [2.75, 3.05) is 6.61 Å². The largest absolute Gasteiger partial charge is 0.488 e. The SMILES string of the molecule is Cc1cc2c(F)c(Oc3ncnn4cc(OC[C@@H](C)OC(=O)[C@@H](NC(=O)OCc5ccccc5)C(C)C)c(C)c34)ccc2[nH]1. The predicted molar refractivity (Wildman–Crippen MR) is 160 cm³/mol. The van der Waals surface area contributed by atoms with Gasteiger partial charge in [-0.1, -0.05) is 44.2 Å². The van der Waals surface area contributed by atoms with Crippen molar-refractivity contribution in [3.8, 4) is 17.4 Å². The molecular formula is C32H34FN5O6. The molecule has 3 heterocycles. The highest BCUT2D eigenvalue weighted by atomic mass is 19.1. The van der Waals surface area contributed by atoms with Crippen molar-refractivity contribution < 1.29 is 32.9 Å². The Morgan fingerprint density at radius 3 is 2.59 bits per heavy atom. The summed E-state index contributed by atoms with van der Waals surface area (Å²) in [7, 11) is 0. The van der Waals surface area contributed by atoms with Crippen molar-refractivity contribution in [1.82, 2.24) is 24.9 Å². The van der Waals surface area contributed by atoms with Crippen LogP contribution in [0.25, 0.3) is 16.4 Å². The molecule has 2 aromatic carbocycles. The smallest absolute Gasteiger partial charge is 0.408 e. The van der Waals surface area contributed by atoms with Crippen LogP contribution in [0.4, 0.5) is 9.18 Å². The minimum absolute atomic E-state index is 0.0223. The van der Waals surface area contributed by atoms with E-state index in [2.05, 4.69) is 20.4 Å². The summed E-state index contributed by atoms with van der Waals surface area (Å²) in [5.74, 6) is -0.718. The molecule has 1 amide bonds. The number of alkyl carbamates (subject to hydrolysis) is 1. The molecule has 44 heavy (non-hydrogen) atoms. The van der Waals surface area contributed by atoms with Crippen LogP contribution in [-0.4, -0.2) is 50.4 Å². The van der Waals surface area contributed by atoms with Gasteiger partial charge in [0.25, 0.3) is 0 Å². The molecule has 5 rings (SSSR count). The fraction of sp³-hybridized carbons (Fsp3) is 0.312. The highest BCUT2D eigenvalue weighted by Crippen LogP contribution is 2.34. The zero-order chi connectivity index (χ0) is 31.4. The van der Waals surface area contributed by atoms with Crippen LogP contribution in [0.5, 0.6) is 17.4 Å². The zero-order valence-electron chi connectivity index (χ0n) is 25.1. The molecule has 0 bridgehead atoms. The summed E-state index contributed by atoms with van der Waals surface area (Å²) in [6.45, 7) is 9.03. The monoisotopic (exact) mass is 603 g/mol. The van der Waals surface area contributed by atoms with Gasteiger partial charge in [0, 0.05) is 22.2 Å². The molecule has 3 aromatic heterocycles. The number of amides is 1. The molecule has 0 unspecified atom stereocenters. The third-order valence-electron chi connectivity index (χ3n) is 6.99. The number of carbonyl (C=O) groups excluding carboxylic acids is 2. The van der Waals surface area contributed by atoms with E-state index < -0.39 is 30.0 Å². The van der Waals surface area contributed by atoms with Crippen molar-refractivity contribution in [3.05, 3.63) is 83.7 Å². The first-order chi connectivity index (χ1) is 21.1. The number of nitrogens with one attached hydrogen (secondary N) is 2. The van der Waals surface area contributed by atoms with Gasteiger partial charge in [-0.15, -0.1) is 0 Å². The fourth-order valence-electron chi connectivity index (χ4n) is 4.70. The number of aromatic amines is 1. The van der Waals surface area contributed by atoms with Crippen LogP contribution in [0.2, 0.25) is 0 Å². The fourth-order valence-corrected chi connectivity index (χ4v) is 4.70. The van der Waals surface area contributed by atoms with Crippen LogP contribution < -0.4 is 14.8 Å². The number of H-pyrrole nitrogens is 1. The summed E-state index contributed by atoms with van der Waals surface area (Å²) in [4.78, 5) is 32.6. The number of fused-ring (bicyclic) bond motifs is 2. The van der Waals surface area contributed by atoms with E-state index in [1.54, 1.807) is 52.1 Å². The predicted octanol–water partition coefficient (Wildman–Crippen LogP) is 6.02. The summed E-state index contributed by atoms with van der Waals surface area (Å²) < 4.78 is 39.4. The zero-order valence-corrected chi connectivity index (χ0v) is 25.1. The maximum Gasteiger partial charge on any atom is 0.408 e. The number of halogens is 1. The van der Waals surface area contributed by atoms with Gasteiger partial charge in [0.2, 0.25) is 5.88 Å². The highest BCUT2D eigenvalue weighted by Gasteiger charge is 2.28. The van der Waals surface area contributed by atoms with Gasteiger partial charge in [0.15, 0.2) is 11.6 Å². The summed E-state index contributed by atoms with van der Waals surface area (Å²) >= 11 is 0. The lowest BCUT2D eigenvalue weighted by atomic mass is 10.1. The van der Waals surface area contributed by atoms with Crippen LogP contribution in [0.15, 0.2) is 61.1 Å². The molecule has 2 atom stereocenters. The van der Waals surface area contributed by atoms with E-state index >= 15 is 4.39 Å². The molecule has 12 heteroatoms. The van der Waals surface area contributed by atoms with E-state index in [0.29, 0.717) is 27.7 Å². The number of benzene rings is 2. The summed E-state index contributed by atoms with van der Waals surface area (Å²) in [5, 5.41) is 7.25. The minimum Gasteiger partial charge on any atom is -0.488 e. The molecule has 0 radical (unpaired) electrons. The van der Waals surface area contributed by atoms with Crippen molar-refractivity contribution in [2.24, 2.45) is 5.92 Å². The lowest BCUT2D eigenvalue weighted by Crippen LogP contribution is -2.46. The van der Waals surface area contributed by atoms with Gasteiger partial charge in [0.05, 0.1) is 6.20 Å². The number of aromatic nitrogens is 4. The standard InChI is InChI=1S/C32H34FN5O6/c1-18(2)28(37-32(40)42-16-22-9-7-6-8-10-22)31(39)43-20(4)15-41-26-14-38-29(21(26)5)30(34-17-35-38)44-25-12-11-24-23(27(25)33)13-19(3)36-24/h6-14,17-18,20,28,36H,15-16H2,1-5H3,(H,37,40)/t20-,28+/m1/s1. The van der Waals surface area contributed by atoms with Gasteiger partial charge in [0.1, 0.15) is 43.0 Å². The Balaban J connectivity index is 1.21. The molecule has 0 saturated carbocycles. The van der Waals surface area contributed by atoms with E-state index in [1.807, 2.05) is 37.3 Å². The number of ether oxygens (including phenoxy) is 4. The second kappa shape index (κ2) is 13.0. The number of nitrogens with zero attached hydrogens (tertiary/aromatic N) is 3. The molecule has 0 saturated heterocycles. The number of esters is 1. The van der Waals surface area contributed by atoms with Crippen molar-refractivity contribution >= 4 is 28.5 Å². The van der Waals surface area contributed by atoms with Gasteiger partial charge in [-0.3, -0.25) is 0 Å². The molecular weight excluding hydrogens is 569 g/mol. The van der Waals surface area contributed by atoms with E-state index in [4.69, 9.17) is 18.9 Å². The van der Waals surface area contributed by atoms with Crippen LogP contribution in [0, 0.1) is 25.6 Å². The summed E-state index contributed by atoms with van der Waals surface area (Å²) in [6, 6.07) is 13.3. The van der Waals surface area contributed by atoms with Crippen molar-refractivity contribution in [1.29, 1.82) is 0 Å². The number of carbonyl (C=O) groups is 2. The quantitative estimate of drug-likeness (QED) is 0.175. The Bertz CT molecular complexity index is 1780. The van der Waals surface area contributed by atoms with Crippen molar-refractivity contribution in [2.45, 2.75) is 53.4 Å². The van der Waals surface area contributed by atoms with Gasteiger partial charge in [-0.05, 0) is 50.5 Å². The Morgan fingerprint density at radius 1 is 1.07 bits per heavy atom. The molecule has 0 aliphatic carbocycles. The lowest BCUT2D eigenvalue weighted by Gasteiger charge is -2.23. The molecule has 0 spiro atoms. The van der Waals surface area contributed by atoms with E-state index in [0.717, 1.165) is 11.3 Å². The third kappa shape index (κ3) is 6.74. The minimum atomic E-state index is -0.913. The molecule has 230 valence electrons. The van der Waals surface area contributed by atoms with Crippen LogP contribution in [0.1, 0.15) is 37.6 Å². The van der Waals surface area contributed by atoms with Crippen LogP contribution in [-0.2, 0) is 20.9 Å². The van der Waals surface area contributed by atoms with Gasteiger partial charge in [-0.2, -0.15) is 10.1 Å². The first-order valence-corrected chi connectivity index (χ1v) is 14.2. The summed E-state index contributed by atoms with van der Waals surface area (Å²) in [5.41, 5.74) is 3.48. The number of hydrogen-bond acceptors (Lipinski definition) is 8. The Morgan fingerprint density at radius 2 is 1.84 bits per heavy atom. The number of aryl methyl sites for hydroxylation is 2. The average Bonchev–Trinajstić information content (AvgIpc) is 3.55. The van der Waals surface area contributed by atoms with Crippen LogP contribution >= 0.6 is 0 Å².